The van der Waals surface area contributed by atoms with E-state index in [0.29, 0.717) is 41.3 Å². The van der Waals surface area contributed by atoms with E-state index in [4.69, 9.17) is 14.2 Å². The molecular weight excluding hydrogens is 534 g/mol. The Bertz CT molecular complexity index is 1020. The Morgan fingerprint density at radius 1 is 0.952 bits per heavy atom. The van der Waals surface area contributed by atoms with Crippen LogP contribution in [0.2, 0.25) is 0 Å². The molecule has 1 N–H and O–H groups in total. The number of fused-ring (bicyclic) bond motifs is 7. The summed E-state index contributed by atoms with van der Waals surface area (Å²) in [5, 5.41) is 2.70. The molecule has 0 aromatic carbocycles. The van der Waals surface area contributed by atoms with Gasteiger partial charge in [-0.2, -0.15) is 0 Å². The number of rotatable bonds is 9. The molecule has 0 spiro atoms. The van der Waals surface area contributed by atoms with Crippen LogP contribution in [-0.2, 0) is 33.3 Å². The summed E-state index contributed by atoms with van der Waals surface area (Å²) in [7, 11) is 4.39. The molecule has 13 atom stereocenters. The largest absolute Gasteiger partial charge is 0.469 e. The number of carbonyl (C=O) groups is 3. The third-order valence-corrected chi connectivity index (χ3v) is 13.3. The van der Waals surface area contributed by atoms with Gasteiger partial charge in [0, 0.05) is 13.0 Å². The van der Waals surface area contributed by atoms with Gasteiger partial charge in [0.05, 0.1) is 39.0 Å². The first-order chi connectivity index (χ1) is 20.0. The van der Waals surface area contributed by atoms with Crippen molar-refractivity contribution in [3.63, 3.8) is 0 Å². The molecule has 1 amide bonds. The standard InChI is InChI=1S/C34H55NO7/c1-19(31(37)35-26(32(38)41-7)18-29(36)40-6)8-11-27-20(2)30-28(42-27)17-25-23-10-9-21-16-22(39-5)12-14-33(21,3)24(23)13-15-34(25,30)4/h19-28,30H,8-18H2,1-7H3,(H,35,37)/t19-,20+,21+,22-,23+,24-,25-,26?,27+,28-,30-,33-,34-/m0/s1. The zero-order chi connectivity index (χ0) is 30.4. The molecular formula is C34H55NO7. The van der Waals surface area contributed by atoms with Crippen molar-refractivity contribution in [3.8, 4) is 0 Å². The number of ether oxygens (including phenoxy) is 4. The number of methoxy groups -OCH3 is 3. The molecule has 1 aliphatic heterocycles. The van der Waals surface area contributed by atoms with Gasteiger partial charge in [-0.1, -0.05) is 27.7 Å². The molecule has 5 fully saturated rings. The van der Waals surface area contributed by atoms with E-state index in [1.807, 2.05) is 14.0 Å². The van der Waals surface area contributed by atoms with Crippen LogP contribution in [0.3, 0.4) is 0 Å². The summed E-state index contributed by atoms with van der Waals surface area (Å²) < 4.78 is 22.1. The first-order valence-electron chi connectivity index (χ1n) is 16.6. The molecule has 0 radical (unpaired) electrons. The highest BCUT2D eigenvalue weighted by Gasteiger charge is 2.65. The van der Waals surface area contributed by atoms with Crippen molar-refractivity contribution in [2.24, 2.45) is 52.3 Å². The quantitative estimate of drug-likeness (QED) is 0.364. The Morgan fingerprint density at radius 2 is 1.69 bits per heavy atom. The molecule has 0 aromatic heterocycles. The first kappa shape index (κ1) is 31.7. The van der Waals surface area contributed by atoms with E-state index in [2.05, 4.69) is 30.8 Å². The number of hydrogen-bond acceptors (Lipinski definition) is 7. The lowest BCUT2D eigenvalue weighted by molar-refractivity contribution is -0.151. The zero-order valence-electron chi connectivity index (χ0n) is 27.0. The molecule has 42 heavy (non-hydrogen) atoms. The van der Waals surface area contributed by atoms with Gasteiger partial charge in [0.1, 0.15) is 6.04 Å². The van der Waals surface area contributed by atoms with E-state index >= 15 is 0 Å². The van der Waals surface area contributed by atoms with Crippen LogP contribution in [0.15, 0.2) is 0 Å². The van der Waals surface area contributed by atoms with E-state index in [1.54, 1.807) is 0 Å². The topological polar surface area (TPSA) is 100 Å². The summed E-state index contributed by atoms with van der Waals surface area (Å²) in [6.45, 7) is 9.46. The minimum Gasteiger partial charge on any atom is -0.469 e. The van der Waals surface area contributed by atoms with Gasteiger partial charge >= 0.3 is 11.9 Å². The van der Waals surface area contributed by atoms with Gasteiger partial charge in [0.15, 0.2) is 0 Å². The second kappa shape index (κ2) is 12.4. The maximum Gasteiger partial charge on any atom is 0.328 e. The predicted octanol–water partition coefficient (Wildman–Crippen LogP) is 5.31. The van der Waals surface area contributed by atoms with Crippen molar-refractivity contribution in [3.05, 3.63) is 0 Å². The molecule has 5 aliphatic rings. The smallest absolute Gasteiger partial charge is 0.328 e. The van der Waals surface area contributed by atoms with Gasteiger partial charge in [0.25, 0.3) is 0 Å². The summed E-state index contributed by atoms with van der Waals surface area (Å²) in [4.78, 5) is 36.8. The summed E-state index contributed by atoms with van der Waals surface area (Å²) in [6.07, 6.45) is 12.5. The monoisotopic (exact) mass is 589 g/mol. The number of hydrogen-bond donors (Lipinski definition) is 1. The molecule has 238 valence electrons. The second-order valence-electron chi connectivity index (χ2n) is 15.0. The van der Waals surface area contributed by atoms with Gasteiger partial charge in [-0.05, 0) is 111 Å². The molecule has 8 nitrogen and oxygen atoms in total. The van der Waals surface area contributed by atoms with Gasteiger partial charge < -0.3 is 24.3 Å². The molecule has 1 heterocycles. The fourth-order valence-corrected chi connectivity index (χ4v) is 10.9. The number of amides is 1. The molecule has 5 rings (SSSR count). The summed E-state index contributed by atoms with van der Waals surface area (Å²) in [5.41, 5.74) is 0.796. The lowest BCUT2D eigenvalue weighted by Gasteiger charge is -2.61. The Labute approximate surface area is 252 Å². The Kier molecular flexibility index (Phi) is 9.35. The van der Waals surface area contributed by atoms with E-state index in [-0.39, 0.29) is 24.3 Å². The van der Waals surface area contributed by atoms with Crippen molar-refractivity contribution < 1.29 is 33.3 Å². The maximum absolute atomic E-state index is 12.9. The highest BCUT2D eigenvalue weighted by atomic mass is 16.5. The van der Waals surface area contributed by atoms with Crippen LogP contribution >= 0.6 is 0 Å². The van der Waals surface area contributed by atoms with Gasteiger partial charge in [0.2, 0.25) is 5.91 Å². The van der Waals surface area contributed by atoms with Crippen LogP contribution in [-0.4, -0.2) is 63.5 Å². The van der Waals surface area contributed by atoms with Crippen LogP contribution in [0.4, 0.5) is 0 Å². The minimum absolute atomic E-state index is 0.148. The fraction of sp³-hybridized carbons (Fsp3) is 0.912. The SMILES string of the molecule is COC(=O)CC(NC(=O)[C@@H](C)CC[C@H]1O[C@H]2C[C@H]3[C@@H]4CC[C@@H]5C[C@@H](OC)CC[C@]5(C)[C@H]4CC[C@]3(C)[C@H]2[C@@H]1C)C(=O)OC. The molecule has 0 aromatic rings. The van der Waals surface area contributed by atoms with Crippen molar-refractivity contribution in [2.75, 3.05) is 21.3 Å². The normalized spacial score (nSPS) is 43.6. The highest BCUT2D eigenvalue weighted by Crippen LogP contribution is 2.70. The van der Waals surface area contributed by atoms with Crippen LogP contribution in [0.25, 0.3) is 0 Å². The van der Waals surface area contributed by atoms with Crippen LogP contribution in [0.1, 0.15) is 98.3 Å². The molecule has 8 heteroatoms. The van der Waals surface area contributed by atoms with E-state index < -0.39 is 18.0 Å². The second-order valence-corrected chi connectivity index (χ2v) is 15.0. The molecule has 1 saturated heterocycles. The van der Waals surface area contributed by atoms with Crippen LogP contribution < -0.4 is 5.32 Å². The maximum atomic E-state index is 12.9. The van der Waals surface area contributed by atoms with Gasteiger partial charge in [-0.3, -0.25) is 9.59 Å². The van der Waals surface area contributed by atoms with E-state index in [1.165, 1.54) is 65.6 Å². The fourth-order valence-electron chi connectivity index (χ4n) is 10.9. The lowest BCUT2D eigenvalue weighted by Crippen LogP contribution is -2.54. The van der Waals surface area contributed by atoms with Crippen molar-refractivity contribution in [2.45, 2.75) is 123 Å². The molecule has 0 bridgehead atoms. The molecule has 4 aliphatic carbocycles. The average molecular weight is 590 g/mol. The molecule has 4 saturated carbocycles. The number of esters is 2. The summed E-state index contributed by atoms with van der Waals surface area (Å²) in [5.74, 6) is 2.47. The lowest BCUT2D eigenvalue weighted by atomic mass is 9.44. The van der Waals surface area contributed by atoms with Crippen LogP contribution in [0.5, 0.6) is 0 Å². The van der Waals surface area contributed by atoms with Gasteiger partial charge in [-0.15, -0.1) is 0 Å². The van der Waals surface area contributed by atoms with Gasteiger partial charge in [-0.25, -0.2) is 4.79 Å². The number of nitrogens with one attached hydrogen (secondary N) is 1. The number of carbonyl (C=O) groups excluding carboxylic acids is 3. The Morgan fingerprint density at radius 3 is 2.38 bits per heavy atom. The van der Waals surface area contributed by atoms with E-state index in [0.717, 1.165) is 30.1 Å². The third kappa shape index (κ3) is 5.52. The predicted molar refractivity (Wildman–Crippen MR) is 158 cm³/mol. The van der Waals surface area contributed by atoms with Crippen molar-refractivity contribution >= 4 is 17.8 Å². The average Bonchev–Trinajstić information content (AvgIpc) is 3.46. The first-order valence-corrected chi connectivity index (χ1v) is 16.6. The third-order valence-electron chi connectivity index (χ3n) is 13.3. The zero-order valence-corrected chi connectivity index (χ0v) is 27.0. The Balaban J connectivity index is 1.18. The summed E-state index contributed by atoms with van der Waals surface area (Å²) in [6, 6.07) is -1.04. The minimum atomic E-state index is -1.04. The van der Waals surface area contributed by atoms with Crippen molar-refractivity contribution in [1.82, 2.24) is 5.32 Å². The molecule has 1 unspecified atom stereocenters. The van der Waals surface area contributed by atoms with Crippen molar-refractivity contribution in [1.29, 1.82) is 0 Å². The highest BCUT2D eigenvalue weighted by molar-refractivity contribution is 5.88. The Hall–Kier alpha value is -1.67. The summed E-state index contributed by atoms with van der Waals surface area (Å²) >= 11 is 0. The van der Waals surface area contributed by atoms with Crippen LogP contribution in [0, 0.1) is 52.3 Å². The van der Waals surface area contributed by atoms with E-state index in [9.17, 15) is 14.4 Å².